The number of benzene rings is 2. The van der Waals surface area contributed by atoms with E-state index >= 15 is 0 Å². The largest absolute Gasteiger partial charge is 0.446 e. The van der Waals surface area contributed by atoms with Crippen molar-refractivity contribution in [3.05, 3.63) is 70.8 Å². The molecule has 2 aromatic carbocycles. The Morgan fingerprint density at radius 1 is 1.00 bits per heavy atom. The molecule has 2 amide bonds. The normalized spacial score (nSPS) is 16.6. The number of hydrogen-bond donors (Lipinski definition) is 4. The maximum absolute atomic E-state index is 14.1. The van der Waals surface area contributed by atoms with Crippen molar-refractivity contribution in [3.8, 4) is 0 Å². The van der Waals surface area contributed by atoms with E-state index in [4.69, 9.17) is 9.47 Å². The lowest BCUT2D eigenvalue weighted by atomic mass is 10.00. The number of alkyl carbamates (subject to hydrolysis) is 1. The molecule has 0 saturated carbocycles. The van der Waals surface area contributed by atoms with Crippen LogP contribution in [0, 0.1) is 11.6 Å². The third-order valence-corrected chi connectivity index (χ3v) is 10.7. The molecule has 0 aliphatic carbocycles. The van der Waals surface area contributed by atoms with Gasteiger partial charge in [0.25, 0.3) is 0 Å². The number of sulfone groups is 1. The number of carbonyl (C=O) groups excluding carboxylic acids is 2. The van der Waals surface area contributed by atoms with Gasteiger partial charge in [-0.2, -0.15) is 0 Å². The van der Waals surface area contributed by atoms with Crippen molar-refractivity contribution >= 4 is 21.8 Å². The number of amides is 2. The van der Waals surface area contributed by atoms with Gasteiger partial charge in [-0.05, 0) is 54.5 Å². The van der Waals surface area contributed by atoms with E-state index in [9.17, 15) is 31.9 Å². The Bertz CT molecular complexity index is 1390. The highest BCUT2D eigenvalue weighted by Crippen LogP contribution is 2.17. The first-order valence-corrected chi connectivity index (χ1v) is 18.1. The molecule has 47 heavy (non-hydrogen) atoms. The highest BCUT2D eigenvalue weighted by molar-refractivity contribution is 7.92. The molecule has 1 saturated heterocycles. The van der Waals surface area contributed by atoms with Crippen molar-refractivity contribution in [1.29, 1.82) is 0 Å². The number of hydrogen-bond acceptors (Lipinski definition) is 8. The monoisotopic (exact) mass is 681 g/mol. The van der Waals surface area contributed by atoms with Gasteiger partial charge in [0.1, 0.15) is 23.8 Å². The standard InChI is InChI=1S/C34H49F2N3O7S/c1-4-8-29(6-3)47(43,44)22-31(39-34(42)46-28-11-13-45-14-12-28)33(41)38-30(18-25-16-26(35)19-27(36)17-25)32(40)21-37-20-24-10-7-9-23(5-2)15-24/h7,9-10,15-17,19,28-32,37,40H,4-6,8,11-14,18,20-22H2,1-3H3,(H,38,41)(H,39,42)/t29?,30-,31-,32+/m0/s1. The van der Waals surface area contributed by atoms with Crippen LogP contribution in [0.1, 0.15) is 69.6 Å². The van der Waals surface area contributed by atoms with Crippen molar-refractivity contribution < 1.29 is 41.4 Å². The first-order valence-electron chi connectivity index (χ1n) is 16.4. The summed E-state index contributed by atoms with van der Waals surface area (Å²) in [7, 11) is -3.86. The second-order valence-electron chi connectivity index (χ2n) is 12.0. The van der Waals surface area contributed by atoms with Gasteiger partial charge in [-0.25, -0.2) is 22.0 Å². The molecular formula is C34H49F2N3O7S. The molecule has 0 radical (unpaired) electrons. The number of aliphatic hydroxyl groups is 1. The zero-order valence-electron chi connectivity index (χ0n) is 27.5. The molecule has 262 valence electrons. The van der Waals surface area contributed by atoms with Gasteiger partial charge in [0.05, 0.1) is 36.4 Å². The zero-order chi connectivity index (χ0) is 34.4. The molecule has 1 aliphatic rings. The Hall–Kier alpha value is -3.13. The molecule has 3 rings (SSSR count). The van der Waals surface area contributed by atoms with E-state index in [2.05, 4.69) is 16.0 Å². The molecule has 1 heterocycles. The van der Waals surface area contributed by atoms with Crippen LogP contribution in [0.15, 0.2) is 42.5 Å². The third kappa shape index (κ3) is 12.8. The first-order chi connectivity index (χ1) is 22.4. The summed E-state index contributed by atoms with van der Waals surface area (Å²) in [5, 5.41) is 18.8. The minimum atomic E-state index is -3.86. The van der Waals surface area contributed by atoms with Crippen LogP contribution in [0.5, 0.6) is 0 Å². The van der Waals surface area contributed by atoms with Crippen molar-refractivity contribution in [3.63, 3.8) is 0 Å². The van der Waals surface area contributed by atoms with Crippen molar-refractivity contribution in [1.82, 2.24) is 16.0 Å². The highest BCUT2D eigenvalue weighted by Gasteiger charge is 2.34. The Kier molecular flexibility index (Phi) is 15.5. The lowest BCUT2D eigenvalue weighted by molar-refractivity contribution is -0.124. The lowest BCUT2D eigenvalue weighted by Gasteiger charge is -2.29. The van der Waals surface area contributed by atoms with Gasteiger partial charge in [-0.15, -0.1) is 0 Å². The number of nitrogens with one attached hydrogen (secondary N) is 3. The number of aliphatic hydroxyl groups excluding tert-OH is 1. The molecule has 0 bridgehead atoms. The number of ether oxygens (including phenoxy) is 2. The second kappa shape index (κ2) is 19.0. The Balaban J connectivity index is 1.82. The molecular weight excluding hydrogens is 632 g/mol. The Morgan fingerprint density at radius 2 is 1.68 bits per heavy atom. The summed E-state index contributed by atoms with van der Waals surface area (Å²) < 4.78 is 65.7. The summed E-state index contributed by atoms with van der Waals surface area (Å²) >= 11 is 0. The predicted octanol–water partition coefficient (Wildman–Crippen LogP) is 3.97. The smallest absolute Gasteiger partial charge is 0.408 e. The summed E-state index contributed by atoms with van der Waals surface area (Å²) in [5.41, 5.74) is 2.31. The van der Waals surface area contributed by atoms with Gasteiger partial charge in [0.15, 0.2) is 9.84 Å². The van der Waals surface area contributed by atoms with Crippen LogP contribution in [-0.2, 0) is 43.5 Å². The number of aryl methyl sites for hydroxylation is 1. The van der Waals surface area contributed by atoms with Crippen LogP contribution in [0.2, 0.25) is 0 Å². The van der Waals surface area contributed by atoms with E-state index < -0.39 is 68.8 Å². The van der Waals surface area contributed by atoms with Gasteiger partial charge in [0.2, 0.25) is 5.91 Å². The van der Waals surface area contributed by atoms with E-state index in [1.54, 1.807) is 6.92 Å². The molecule has 0 spiro atoms. The molecule has 13 heteroatoms. The van der Waals surface area contributed by atoms with Crippen molar-refractivity contribution in [2.24, 2.45) is 0 Å². The Labute approximate surface area is 276 Å². The second-order valence-corrected chi connectivity index (χ2v) is 14.4. The maximum atomic E-state index is 14.1. The summed E-state index contributed by atoms with van der Waals surface area (Å²) in [6.45, 7) is 6.88. The van der Waals surface area contributed by atoms with E-state index in [-0.39, 0.29) is 18.5 Å². The molecule has 4 atom stereocenters. The summed E-state index contributed by atoms with van der Waals surface area (Å²) in [6.07, 6.45) is 0.293. The fraction of sp³-hybridized carbons (Fsp3) is 0.588. The SMILES string of the molecule is CCCC(CC)S(=O)(=O)C[C@H](NC(=O)OC1CCOCC1)C(=O)N[C@@H](Cc1cc(F)cc(F)c1)[C@H](O)CNCc1cccc(CC)c1. The minimum absolute atomic E-state index is 0.00427. The fourth-order valence-electron chi connectivity index (χ4n) is 5.65. The van der Waals surface area contributed by atoms with Crippen LogP contribution >= 0.6 is 0 Å². The molecule has 1 unspecified atom stereocenters. The number of rotatable bonds is 18. The predicted molar refractivity (Wildman–Crippen MR) is 176 cm³/mol. The van der Waals surface area contributed by atoms with Crippen molar-refractivity contribution in [2.75, 3.05) is 25.5 Å². The topological polar surface area (TPSA) is 143 Å². The van der Waals surface area contributed by atoms with Gasteiger partial charge in [0, 0.05) is 32.0 Å². The van der Waals surface area contributed by atoms with E-state index in [0.717, 1.165) is 35.7 Å². The van der Waals surface area contributed by atoms with Gasteiger partial charge >= 0.3 is 6.09 Å². The highest BCUT2D eigenvalue weighted by atomic mass is 32.2. The van der Waals surface area contributed by atoms with Crippen molar-refractivity contribution in [2.45, 2.75) is 102 Å². The fourth-order valence-corrected chi connectivity index (χ4v) is 7.72. The zero-order valence-corrected chi connectivity index (χ0v) is 28.3. The number of halogens is 2. The lowest BCUT2D eigenvalue weighted by Crippen LogP contribution is -2.57. The van der Waals surface area contributed by atoms with E-state index in [1.807, 2.05) is 38.1 Å². The molecule has 1 aliphatic heterocycles. The van der Waals surface area contributed by atoms with Gasteiger partial charge < -0.3 is 30.5 Å². The quantitative estimate of drug-likeness (QED) is 0.185. The van der Waals surface area contributed by atoms with Gasteiger partial charge in [-0.3, -0.25) is 4.79 Å². The average Bonchev–Trinajstić information content (AvgIpc) is 3.02. The van der Waals surface area contributed by atoms with Crippen LogP contribution in [0.4, 0.5) is 13.6 Å². The van der Waals surface area contributed by atoms with Crippen LogP contribution < -0.4 is 16.0 Å². The van der Waals surface area contributed by atoms with E-state index in [0.29, 0.717) is 51.9 Å². The molecule has 1 fully saturated rings. The molecule has 10 nitrogen and oxygen atoms in total. The molecule has 0 aromatic heterocycles. The van der Waals surface area contributed by atoms with Crippen LogP contribution in [-0.4, -0.2) is 80.6 Å². The first kappa shape index (κ1) is 38.3. The minimum Gasteiger partial charge on any atom is -0.446 e. The maximum Gasteiger partial charge on any atom is 0.408 e. The molecule has 4 N–H and O–H groups in total. The van der Waals surface area contributed by atoms with E-state index in [1.165, 1.54) is 0 Å². The van der Waals surface area contributed by atoms with Crippen LogP contribution in [0.25, 0.3) is 0 Å². The average molecular weight is 682 g/mol. The summed E-state index contributed by atoms with van der Waals surface area (Å²) in [4.78, 5) is 26.7. The number of carbonyl (C=O) groups is 2. The summed E-state index contributed by atoms with van der Waals surface area (Å²) in [5.74, 6) is -3.21. The van der Waals surface area contributed by atoms with Gasteiger partial charge in [-0.1, -0.05) is 51.5 Å². The van der Waals surface area contributed by atoms with Crippen LogP contribution in [0.3, 0.4) is 0 Å². The molecule has 2 aromatic rings. The third-order valence-electron chi connectivity index (χ3n) is 8.28. The summed E-state index contributed by atoms with van der Waals surface area (Å²) in [6, 6.07) is 8.17. The Morgan fingerprint density at radius 3 is 2.32 bits per heavy atom.